The maximum atomic E-state index is 13.1. The minimum atomic E-state index is -0.448. The number of ether oxygens (including phenoxy) is 2. The number of halogens is 3. The number of anilines is 6. The van der Waals surface area contributed by atoms with E-state index in [1.54, 1.807) is 42.5 Å². The van der Waals surface area contributed by atoms with Crippen LogP contribution in [0.15, 0.2) is 115 Å². The molecular weight excluding hydrogens is 679 g/mol. The number of benzene rings is 5. The molecule has 0 spiro atoms. The summed E-state index contributed by atoms with van der Waals surface area (Å²) in [6.45, 7) is 0. The van der Waals surface area contributed by atoms with Crippen LogP contribution in [-0.2, 0) is 9.47 Å². The predicted octanol–water partition coefficient (Wildman–Crippen LogP) is 9.06. The maximum absolute atomic E-state index is 13.1. The summed E-state index contributed by atoms with van der Waals surface area (Å²) in [6, 6.07) is 32.2. The van der Waals surface area contributed by atoms with E-state index in [-0.39, 0.29) is 11.6 Å². The van der Waals surface area contributed by atoms with Crippen LogP contribution in [0.3, 0.4) is 0 Å². The molecule has 0 radical (unpaired) electrons. The molecule has 0 aliphatic heterocycles. The van der Waals surface area contributed by atoms with Crippen LogP contribution in [0.1, 0.15) is 20.7 Å². The van der Waals surface area contributed by atoms with Crippen molar-refractivity contribution in [3.8, 4) is 0 Å². The number of para-hydroxylation sites is 1. The maximum Gasteiger partial charge on any atom is 0.339 e. The summed E-state index contributed by atoms with van der Waals surface area (Å²) in [4.78, 5) is 23.7. The van der Waals surface area contributed by atoms with Crippen molar-refractivity contribution in [3.63, 3.8) is 0 Å². The molecule has 0 unspecified atom stereocenters. The SMILES string of the molecule is COC(=O)c1ccc(I)cc1Nc1ccc(F)cc1.COC(=O)c1ccc(Nc2ccccc2)cc1Nc1ccc(F)cc1. The van der Waals surface area contributed by atoms with Crippen LogP contribution >= 0.6 is 22.6 Å². The summed E-state index contributed by atoms with van der Waals surface area (Å²) >= 11 is 2.15. The monoisotopic (exact) mass is 707 g/mol. The van der Waals surface area contributed by atoms with Gasteiger partial charge in [-0.3, -0.25) is 0 Å². The lowest BCUT2D eigenvalue weighted by molar-refractivity contribution is 0.0593. The highest BCUT2D eigenvalue weighted by molar-refractivity contribution is 14.1. The number of nitrogens with one attached hydrogen (secondary N) is 3. The van der Waals surface area contributed by atoms with Crippen molar-refractivity contribution in [3.05, 3.63) is 142 Å². The van der Waals surface area contributed by atoms with Gasteiger partial charge in [0.25, 0.3) is 0 Å². The number of methoxy groups -OCH3 is 2. The molecule has 44 heavy (non-hydrogen) atoms. The quantitative estimate of drug-likeness (QED) is 0.110. The standard InChI is InChI=1S/C20H17FN2O2.C14H11FINO2/c1-25-20(24)18-12-11-17(22-15-5-3-2-4-6-15)13-19(18)23-16-9-7-14(21)8-10-16;1-19-14(18)12-7-4-10(16)8-13(12)17-11-5-2-9(15)3-6-11/h2-13,22-23H,1H3;2-8,17H,1H3. The fourth-order valence-electron chi connectivity index (χ4n) is 3.99. The Labute approximate surface area is 267 Å². The van der Waals surface area contributed by atoms with Gasteiger partial charge in [0, 0.05) is 26.3 Å². The van der Waals surface area contributed by atoms with Gasteiger partial charge >= 0.3 is 11.9 Å². The first kappa shape index (κ1) is 32.0. The van der Waals surface area contributed by atoms with Gasteiger partial charge in [0.2, 0.25) is 0 Å². The van der Waals surface area contributed by atoms with E-state index in [2.05, 4.69) is 38.5 Å². The number of esters is 2. The minimum absolute atomic E-state index is 0.304. The molecule has 0 bridgehead atoms. The average molecular weight is 708 g/mol. The summed E-state index contributed by atoms with van der Waals surface area (Å²) in [5.41, 5.74) is 5.14. The molecular formula is C34H28F2IN3O4. The summed E-state index contributed by atoms with van der Waals surface area (Å²) in [5.74, 6) is -1.49. The zero-order valence-corrected chi connectivity index (χ0v) is 25.9. The van der Waals surface area contributed by atoms with Gasteiger partial charge in [-0.1, -0.05) is 18.2 Å². The Morgan fingerprint density at radius 2 is 0.977 bits per heavy atom. The van der Waals surface area contributed by atoms with E-state index in [0.717, 1.165) is 14.9 Å². The first-order chi connectivity index (χ1) is 21.2. The van der Waals surface area contributed by atoms with Crippen LogP contribution < -0.4 is 16.0 Å². The zero-order chi connectivity index (χ0) is 31.5. The topological polar surface area (TPSA) is 88.7 Å². The van der Waals surface area contributed by atoms with Crippen LogP contribution in [0.5, 0.6) is 0 Å². The summed E-state index contributed by atoms with van der Waals surface area (Å²) < 4.78 is 36.5. The second-order valence-electron chi connectivity index (χ2n) is 9.19. The van der Waals surface area contributed by atoms with Crippen molar-refractivity contribution in [2.24, 2.45) is 0 Å². The van der Waals surface area contributed by atoms with Crippen molar-refractivity contribution >= 4 is 68.7 Å². The average Bonchev–Trinajstić information content (AvgIpc) is 3.03. The molecule has 10 heteroatoms. The third-order valence-electron chi connectivity index (χ3n) is 6.12. The number of hydrogen-bond donors (Lipinski definition) is 3. The van der Waals surface area contributed by atoms with Gasteiger partial charge in [0.1, 0.15) is 11.6 Å². The van der Waals surface area contributed by atoms with E-state index >= 15 is 0 Å². The van der Waals surface area contributed by atoms with Crippen molar-refractivity contribution in [1.82, 2.24) is 0 Å². The molecule has 0 aliphatic carbocycles. The second kappa shape index (κ2) is 15.5. The Morgan fingerprint density at radius 3 is 1.48 bits per heavy atom. The Bertz CT molecular complexity index is 1720. The van der Waals surface area contributed by atoms with Crippen LogP contribution in [0.2, 0.25) is 0 Å². The molecule has 0 atom stereocenters. The fourth-order valence-corrected chi connectivity index (χ4v) is 4.48. The molecule has 0 saturated carbocycles. The molecule has 7 nitrogen and oxygen atoms in total. The highest BCUT2D eigenvalue weighted by Crippen LogP contribution is 2.28. The summed E-state index contributed by atoms with van der Waals surface area (Å²) in [5, 5.41) is 9.49. The molecule has 0 heterocycles. The van der Waals surface area contributed by atoms with E-state index in [9.17, 15) is 18.4 Å². The summed E-state index contributed by atoms with van der Waals surface area (Å²) in [6.07, 6.45) is 0. The first-order valence-corrected chi connectivity index (χ1v) is 14.3. The highest BCUT2D eigenvalue weighted by atomic mass is 127. The van der Waals surface area contributed by atoms with Crippen LogP contribution in [0.25, 0.3) is 0 Å². The predicted molar refractivity (Wildman–Crippen MR) is 177 cm³/mol. The van der Waals surface area contributed by atoms with E-state index in [0.29, 0.717) is 33.9 Å². The van der Waals surface area contributed by atoms with Gasteiger partial charge in [-0.25, -0.2) is 18.4 Å². The largest absolute Gasteiger partial charge is 0.465 e. The highest BCUT2D eigenvalue weighted by Gasteiger charge is 2.14. The molecule has 0 saturated heterocycles. The number of carbonyl (C=O) groups is 2. The molecule has 3 N–H and O–H groups in total. The first-order valence-electron chi connectivity index (χ1n) is 13.2. The summed E-state index contributed by atoms with van der Waals surface area (Å²) in [7, 11) is 2.67. The molecule has 0 fully saturated rings. The minimum Gasteiger partial charge on any atom is -0.465 e. The lowest BCUT2D eigenvalue weighted by Crippen LogP contribution is -2.06. The van der Waals surface area contributed by atoms with Crippen molar-refractivity contribution < 1.29 is 27.8 Å². The van der Waals surface area contributed by atoms with Gasteiger partial charge in [-0.2, -0.15) is 0 Å². The smallest absolute Gasteiger partial charge is 0.339 e. The van der Waals surface area contributed by atoms with Crippen molar-refractivity contribution in [2.75, 3.05) is 30.2 Å². The number of rotatable bonds is 8. The Morgan fingerprint density at radius 1 is 0.545 bits per heavy atom. The molecule has 0 aliphatic rings. The Kier molecular flexibility index (Phi) is 11.2. The molecule has 224 valence electrons. The zero-order valence-electron chi connectivity index (χ0n) is 23.7. The third-order valence-corrected chi connectivity index (χ3v) is 6.79. The van der Waals surface area contributed by atoms with Gasteiger partial charge in [0.15, 0.2) is 0 Å². The van der Waals surface area contributed by atoms with Gasteiger partial charge in [-0.15, -0.1) is 0 Å². The second-order valence-corrected chi connectivity index (χ2v) is 10.4. The van der Waals surface area contributed by atoms with Crippen LogP contribution in [0, 0.1) is 15.2 Å². The third kappa shape index (κ3) is 9.01. The molecule has 0 aromatic heterocycles. The molecule has 5 aromatic rings. The van der Waals surface area contributed by atoms with Crippen molar-refractivity contribution in [1.29, 1.82) is 0 Å². The lowest BCUT2D eigenvalue weighted by Gasteiger charge is -2.14. The van der Waals surface area contributed by atoms with E-state index in [4.69, 9.17) is 9.47 Å². The van der Waals surface area contributed by atoms with Gasteiger partial charge in [-0.05, 0) is 120 Å². The van der Waals surface area contributed by atoms with E-state index in [1.165, 1.54) is 38.5 Å². The molecule has 5 rings (SSSR count). The van der Waals surface area contributed by atoms with Crippen LogP contribution in [-0.4, -0.2) is 26.2 Å². The van der Waals surface area contributed by atoms with E-state index in [1.807, 2.05) is 48.5 Å². The van der Waals surface area contributed by atoms with Crippen LogP contribution in [0.4, 0.5) is 42.9 Å². The van der Waals surface area contributed by atoms with Gasteiger partial charge < -0.3 is 25.4 Å². The van der Waals surface area contributed by atoms with Gasteiger partial charge in [0.05, 0.1) is 36.7 Å². The molecule has 5 aromatic carbocycles. The normalized spacial score (nSPS) is 10.1. The van der Waals surface area contributed by atoms with Crippen molar-refractivity contribution in [2.45, 2.75) is 0 Å². The Balaban J connectivity index is 0.000000209. The van der Waals surface area contributed by atoms with E-state index < -0.39 is 11.9 Å². The fraction of sp³-hybridized carbons (Fsp3) is 0.0588. The lowest BCUT2D eigenvalue weighted by atomic mass is 10.1. The molecule has 0 amide bonds. The Hall–Kier alpha value is -4.97. The number of carbonyl (C=O) groups excluding carboxylic acids is 2. The number of hydrogen-bond acceptors (Lipinski definition) is 7.